The van der Waals surface area contributed by atoms with Crippen LogP contribution < -0.4 is 0 Å². The first-order chi connectivity index (χ1) is 9.43. The van der Waals surface area contributed by atoms with Crippen LogP contribution in [0.5, 0.6) is 0 Å². The molecule has 0 atom stereocenters. The van der Waals surface area contributed by atoms with Crippen molar-refractivity contribution in [2.75, 3.05) is 13.7 Å². The van der Waals surface area contributed by atoms with Crippen LogP contribution in [0.15, 0.2) is 6.20 Å². The minimum atomic E-state index is -0.190. The summed E-state index contributed by atoms with van der Waals surface area (Å²) in [6, 6.07) is 0. The molecule has 2 heterocycles. The van der Waals surface area contributed by atoms with E-state index >= 15 is 0 Å². The molecule has 2 aromatic heterocycles. The van der Waals surface area contributed by atoms with E-state index in [4.69, 9.17) is 21.1 Å². The van der Waals surface area contributed by atoms with Crippen LogP contribution in [0.1, 0.15) is 26.1 Å². The van der Waals surface area contributed by atoms with Crippen molar-refractivity contribution in [3.8, 4) is 0 Å². The maximum atomic E-state index is 6.10. The van der Waals surface area contributed by atoms with Gasteiger partial charge in [-0.15, -0.1) is 0 Å². The van der Waals surface area contributed by atoms with Gasteiger partial charge in [0.2, 0.25) is 0 Å². The summed E-state index contributed by atoms with van der Waals surface area (Å²) in [5.41, 5.74) is 0.519. The molecule has 20 heavy (non-hydrogen) atoms. The molecule has 0 aliphatic heterocycles. The average Bonchev–Trinajstić information content (AvgIpc) is 2.77. The molecule has 0 saturated carbocycles. The summed E-state index contributed by atoms with van der Waals surface area (Å²) < 4.78 is 12.6. The van der Waals surface area contributed by atoms with E-state index in [-0.39, 0.29) is 5.60 Å². The molecule has 7 heteroatoms. The van der Waals surface area contributed by atoms with Gasteiger partial charge in [-0.2, -0.15) is 5.10 Å². The Bertz CT molecular complexity index is 597. The van der Waals surface area contributed by atoms with Crippen LogP contribution in [-0.2, 0) is 23.1 Å². The van der Waals surface area contributed by atoms with Crippen LogP contribution in [0, 0.1) is 0 Å². The Balaban J connectivity index is 1.98. The number of nitrogens with zero attached hydrogens (tertiary/aromatic N) is 4. The van der Waals surface area contributed by atoms with E-state index in [0.29, 0.717) is 29.8 Å². The fraction of sp³-hybridized carbons (Fsp3) is 0.615. The van der Waals surface area contributed by atoms with Crippen molar-refractivity contribution < 1.29 is 9.47 Å². The van der Waals surface area contributed by atoms with Gasteiger partial charge in [0.15, 0.2) is 11.5 Å². The van der Waals surface area contributed by atoms with Gasteiger partial charge >= 0.3 is 0 Å². The molecular formula is C13H19ClN4O2. The lowest BCUT2D eigenvalue weighted by atomic mass is 10.1. The van der Waals surface area contributed by atoms with E-state index in [1.165, 1.54) is 0 Å². The van der Waals surface area contributed by atoms with Gasteiger partial charge in [0.05, 0.1) is 17.2 Å². The van der Waals surface area contributed by atoms with Crippen molar-refractivity contribution >= 4 is 22.6 Å². The van der Waals surface area contributed by atoms with Gasteiger partial charge in [-0.1, -0.05) is 11.6 Å². The van der Waals surface area contributed by atoms with E-state index in [2.05, 4.69) is 15.1 Å². The smallest absolute Gasteiger partial charge is 0.162 e. The van der Waals surface area contributed by atoms with E-state index in [0.717, 1.165) is 11.8 Å². The zero-order valence-corrected chi connectivity index (χ0v) is 12.9. The molecular weight excluding hydrogens is 280 g/mol. The van der Waals surface area contributed by atoms with Gasteiger partial charge in [0.25, 0.3) is 0 Å². The lowest BCUT2D eigenvalue weighted by Gasteiger charge is -2.22. The zero-order valence-electron chi connectivity index (χ0n) is 12.2. The number of hydrogen-bond acceptors (Lipinski definition) is 5. The summed E-state index contributed by atoms with van der Waals surface area (Å²) in [5, 5.41) is 5.26. The Morgan fingerprint density at radius 1 is 1.35 bits per heavy atom. The van der Waals surface area contributed by atoms with E-state index in [1.807, 2.05) is 20.9 Å². The topological polar surface area (TPSA) is 62.1 Å². The van der Waals surface area contributed by atoms with Gasteiger partial charge < -0.3 is 9.47 Å². The third-order valence-corrected chi connectivity index (χ3v) is 3.51. The molecule has 0 N–H and O–H groups in total. The standard InChI is InChI=1S/C13H19ClN4O2/c1-13(2,19-4)5-6-20-8-10-16-11(14)9-7-15-18(3)12(9)17-10/h7H,5-6,8H2,1-4H3. The van der Waals surface area contributed by atoms with Crippen molar-refractivity contribution in [2.45, 2.75) is 32.5 Å². The van der Waals surface area contributed by atoms with Gasteiger partial charge in [-0.05, 0) is 20.3 Å². The molecule has 0 unspecified atom stereocenters. The molecule has 0 bridgehead atoms. The zero-order chi connectivity index (χ0) is 14.8. The Morgan fingerprint density at radius 2 is 2.10 bits per heavy atom. The van der Waals surface area contributed by atoms with Gasteiger partial charge in [-0.3, -0.25) is 4.68 Å². The quantitative estimate of drug-likeness (QED) is 0.605. The van der Waals surface area contributed by atoms with Crippen molar-refractivity contribution in [1.29, 1.82) is 0 Å². The van der Waals surface area contributed by atoms with Crippen LogP contribution in [0.25, 0.3) is 11.0 Å². The first kappa shape index (κ1) is 15.2. The molecule has 0 spiro atoms. The maximum absolute atomic E-state index is 6.10. The minimum absolute atomic E-state index is 0.190. The van der Waals surface area contributed by atoms with Crippen molar-refractivity contribution in [2.24, 2.45) is 7.05 Å². The molecule has 0 aliphatic carbocycles. The predicted molar refractivity (Wildman–Crippen MR) is 76.7 cm³/mol. The first-order valence-corrected chi connectivity index (χ1v) is 6.78. The van der Waals surface area contributed by atoms with Crippen molar-refractivity contribution in [3.63, 3.8) is 0 Å². The third-order valence-electron chi connectivity index (χ3n) is 3.22. The predicted octanol–water partition coefficient (Wildman–Crippen LogP) is 2.35. The SMILES string of the molecule is COC(C)(C)CCOCc1nc(Cl)c2cnn(C)c2n1. The highest BCUT2D eigenvalue weighted by Crippen LogP contribution is 2.19. The molecule has 0 radical (unpaired) electrons. The summed E-state index contributed by atoms with van der Waals surface area (Å²) in [4.78, 5) is 8.61. The monoisotopic (exact) mass is 298 g/mol. The second-order valence-corrected chi connectivity index (χ2v) is 5.56. The van der Waals surface area contributed by atoms with Crippen molar-refractivity contribution in [1.82, 2.24) is 19.7 Å². The molecule has 2 rings (SSSR count). The number of rotatable bonds is 6. The number of halogens is 1. The van der Waals surface area contributed by atoms with Gasteiger partial charge in [0.1, 0.15) is 11.8 Å². The molecule has 0 fully saturated rings. The fourth-order valence-corrected chi connectivity index (χ4v) is 1.91. The van der Waals surface area contributed by atoms with Gasteiger partial charge in [-0.25, -0.2) is 9.97 Å². The first-order valence-electron chi connectivity index (χ1n) is 6.40. The Kier molecular flexibility index (Phi) is 4.57. The van der Waals surface area contributed by atoms with Crippen LogP contribution in [0.4, 0.5) is 0 Å². The van der Waals surface area contributed by atoms with Crippen LogP contribution >= 0.6 is 11.6 Å². The normalized spacial score (nSPS) is 12.2. The van der Waals surface area contributed by atoms with E-state index < -0.39 is 0 Å². The number of hydrogen-bond donors (Lipinski definition) is 0. The number of aromatic nitrogens is 4. The van der Waals surface area contributed by atoms with Crippen LogP contribution in [-0.4, -0.2) is 39.1 Å². The number of aryl methyl sites for hydroxylation is 1. The Hall–Kier alpha value is -1.24. The molecule has 0 saturated heterocycles. The molecule has 0 aliphatic rings. The van der Waals surface area contributed by atoms with E-state index in [9.17, 15) is 0 Å². The average molecular weight is 299 g/mol. The van der Waals surface area contributed by atoms with Crippen LogP contribution in [0.3, 0.4) is 0 Å². The number of fused-ring (bicyclic) bond motifs is 1. The Morgan fingerprint density at radius 3 is 2.80 bits per heavy atom. The number of methoxy groups -OCH3 is 1. The second kappa shape index (κ2) is 6.03. The highest BCUT2D eigenvalue weighted by atomic mass is 35.5. The largest absolute Gasteiger partial charge is 0.379 e. The summed E-state index contributed by atoms with van der Waals surface area (Å²) in [7, 11) is 3.51. The summed E-state index contributed by atoms with van der Waals surface area (Å²) >= 11 is 6.10. The second-order valence-electron chi connectivity index (χ2n) is 5.20. The maximum Gasteiger partial charge on any atom is 0.162 e. The van der Waals surface area contributed by atoms with Crippen molar-refractivity contribution in [3.05, 3.63) is 17.2 Å². The molecule has 0 aromatic carbocycles. The third kappa shape index (κ3) is 3.45. The molecule has 2 aromatic rings. The molecule has 6 nitrogen and oxygen atoms in total. The fourth-order valence-electron chi connectivity index (χ4n) is 1.68. The summed E-state index contributed by atoms with van der Waals surface area (Å²) in [6.07, 6.45) is 2.45. The lowest BCUT2D eigenvalue weighted by Crippen LogP contribution is -2.24. The Labute approximate surface area is 123 Å². The lowest BCUT2D eigenvalue weighted by molar-refractivity contribution is -0.0132. The van der Waals surface area contributed by atoms with Crippen LogP contribution in [0.2, 0.25) is 5.15 Å². The number of ether oxygens (including phenoxy) is 2. The minimum Gasteiger partial charge on any atom is -0.379 e. The summed E-state index contributed by atoms with van der Waals surface area (Å²) in [6.45, 7) is 4.93. The van der Waals surface area contributed by atoms with E-state index in [1.54, 1.807) is 18.0 Å². The molecule has 0 amide bonds. The molecule has 110 valence electrons. The summed E-state index contributed by atoms with van der Waals surface area (Å²) in [5.74, 6) is 0.557. The highest BCUT2D eigenvalue weighted by Gasteiger charge is 2.16. The van der Waals surface area contributed by atoms with Gasteiger partial charge in [0, 0.05) is 20.8 Å². The highest BCUT2D eigenvalue weighted by molar-refractivity contribution is 6.33.